The van der Waals surface area contributed by atoms with Gasteiger partial charge in [0, 0.05) is 5.56 Å². The van der Waals surface area contributed by atoms with Gasteiger partial charge in [0.1, 0.15) is 22.1 Å². The Morgan fingerprint density at radius 3 is 2.32 bits per heavy atom. The molecule has 0 bridgehead atoms. The van der Waals surface area contributed by atoms with Gasteiger partial charge >= 0.3 is 11.9 Å². The predicted octanol–water partition coefficient (Wildman–Crippen LogP) is 6.14. The van der Waals surface area contributed by atoms with Crippen LogP contribution in [0.2, 0.25) is 0 Å². The monoisotopic (exact) mass is 578 g/mol. The maximum atomic E-state index is 13.5. The highest BCUT2D eigenvalue weighted by molar-refractivity contribution is 7.17. The molecule has 0 spiro atoms. The Morgan fingerprint density at radius 1 is 1.00 bits per heavy atom. The number of benzene rings is 2. The summed E-state index contributed by atoms with van der Waals surface area (Å²) in [6.45, 7) is 10.5. The van der Waals surface area contributed by atoms with Crippen molar-refractivity contribution in [3.63, 3.8) is 0 Å². The molecule has 1 aliphatic heterocycles. The van der Waals surface area contributed by atoms with Gasteiger partial charge in [0.05, 0.1) is 37.1 Å². The van der Waals surface area contributed by atoms with E-state index in [-0.39, 0.29) is 27.9 Å². The van der Waals surface area contributed by atoms with E-state index in [1.807, 2.05) is 20.8 Å². The molecule has 2 heterocycles. The van der Waals surface area contributed by atoms with Gasteiger partial charge in [-0.05, 0) is 75.1 Å². The summed E-state index contributed by atoms with van der Waals surface area (Å²) in [5.74, 6) is -1.26. The average Bonchev–Trinajstić information content (AvgIpc) is 3.47. The minimum atomic E-state index is -0.993. The van der Waals surface area contributed by atoms with E-state index in [1.54, 1.807) is 56.3 Å². The summed E-state index contributed by atoms with van der Waals surface area (Å²) in [6.07, 6.45) is 1.69. The lowest BCUT2D eigenvalue weighted by Crippen LogP contribution is -2.29. The topological polar surface area (TPSA) is 115 Å². The van der Waals surface area contributed by atoms with E-state index in [4.69, 9.17) is 14.2 Å². The van der Waals surface area contributed by atoms with E-state index >= 15 is 0 Å². The summed E-state index contributed by atoms with van der Waals surface area (Å²) in [5, 5.41) is 11.7. The summed E-state index contributed by atoms with van der Waals surface area (Å²) < 4.78 is 16.6. The molecular weight excluding hydrogens is 544 g/mol. The van der Waals surface area contributed by atoms with Gasteiger partial charge < -0.3 is 19.3 Å². The minimum absolute atomic E-state index is 0.0793. The van der Waals surface area contributed by atoms with Crippen LogP contribution in [-0.4, -0.2) is 47.6 Å². The molecule has 0 unspecified atom stereocenters. The number of aromatic nitrogens is 1. The summed E-state index contributed by atoms with van der Waals surface area (Å²) in [5.41, 5.74) is 2.02. The van der Waals surface area contributed by atoms with Crippen molar-refractivity contribution in [1.82, 2.24) is 4.98 Å². The Labute approximate surface area is 243 Å². The van der Waals surface area contributed by atoms with E-state index in [1.165, 1.54) is 4.90 Å². The third-order valence-electron chi connectivity index (χ3n) is 6.48. The van der Waals surface area contributed by atoms with Crippen LogP contribution in [0.15, 0.2) is 48.0 Å². The van der Waals surface area contributed by atoms with Gasteiger partial charge in [0.25, 0.3) is 5.78 Å². The molecule has 4 rings (SSSR count). The van der Waals surface area contributed by atoms with Crippen LogP contribution in [0.3, 0.4) is 0 Å². The molecule has 216 valence electrons. The smallest absolute Gasteiger partial charge is 0.350 e. The standard InChI is InChI=1S/C31H34N2O7S/c1-6-15-39-22-12-9-20(10-13-22)25-24(26(34)21-11-14-23(18(4)17-21)40-16-7-2)27(35)29(36)33(25)31-32-19(5)28(41-31)30(37)38-8-3/h9-14,17,25,34H,6-8,15-16H2,1-5H3/t25-/m1/s1. The Balaban J connectivity index is 1.85. The van der Waals surface area contributed by atoms with E-state index in [2.05, 4.69) is 4.98 Å². The van der Waals surface area contributed by atoms with E-state index in [9.17, 15) is 19.5 Å². The van der Waals surface area contributed by atoms with Crippen LogP contribution in [0.1, 0.15) is 71.7 Å². The average molecular weight is 579 g/mol. The number of thiazole rings is 1. The van der Waals surface area contributed by atoms with Crippen molar-refractivity contribution in [3.05, 3.63) is 75.3 Å². The summed E-state index contributed by atoms with van der Waals surface area (Å²) in [4.78, 5) is 45.5. The Bertz CT molecular complexity index is 1480. The lowest BCUT2D eigenvalue weighted by molar-refractivity contribution is -0.132. The van der Waals surface area contributed by atoms with Gasteiger partial charge in [0.15, 0.2) is 5.13 Å². The number of aliphatic hydroxyl groups is 1. The third kappa shape index (κ3) is 6.12. The van der Waals surface area contributed by atoms with Gasteiger partial charge in [-0.25, -0.2) is 9.78 Å². The SMILES string of the molecule is CCCOc1ccc([C@@H]2C(=C(O)c3ccc(OCCC)c(C)c3)C(=O)C(=O)N2c2nc(C)c(C(=O)OCC)s2)cc1. The molecule has 1 saturated heterocycles. The second kappa shape index (κ2) is 13.0. The summed E-state index contributed by atoms with van der Waals surface area (Å²) >= 11 is 0.967. The molecule has 1 aromatic heterocycles. The highest BCUT2D eigenvalue weighted by Crippen LogP contribution is 2.44. The highest BCUT2D eigenvalue weighted by Gasteiger charge is 2.48. The number of carbonyl (C=O) groups is 3. The fourth-order valence-electron chi connectivity index (χ4n) is 4.51. The van der Waals surface area contributed by atoms with Gasteiger partial charge in [-0.2, -0.15) is 0 Å². The zero-order chi connectivity index (χ0) is 29.7. The number of hydrogen-bond donors (Lipinski definition) is 1. The molecule has 0 saturated carbocycles. The highest BCUT2D eigenvalue weighted by atomic mass is 32.1. The van der Waals surface area contributed by atoms with Crippen LogP contribution >= 0.6 is 11.3 Å². The number of rotatable bonds is 11. The van der Waals surface area contributed by atoms with E-state index in [0.29, 0.717) is 41.5 Å². The van der Waals surface area contributed by atoms with Crippen molar-refractivity contribution in [2.75, 3.05) is 24.7 Å². The third-order valence-corrected chi connectivity index (χ3v) is 7.61. The van der Waals surface area contributed by atoms with Gasteiger partial charge in [-0.1, -0.05) is 37.3 Å². The molecule has 1 atom stereocenters. The van der Waals surface area contributed by atoms with Crippen molar-refractivity contribution in [2.45, 2.75) is 53.5 Å². The first-order chi connectivity index (χ1) is 19.7. The first kappa shape index (κ1) is 29.8. The van der Waals surface area contributed by atoms with Gasteiger partial charge in [-0.3, -0.25) is 14.5 Å². The van der Waals surface area contributed by atoms with E-state index < -0.39 is 23.7 Å². The maximum Gasteiger partial charge on any atom is 0.350 e. The van der Waals surface area contributed by atoms with Crippen LogP contribution in [0.5, 0.6) is 11.5 Å². The normalized spacial score (nSPS) is 16.2. The van der Waals surface area contributed by atoms with Gasteiger partial charge in [-0.15, -0.1) is 0 Å². The number of hydrogen-bond acceptors (Lipinski definition) is 9. The van der Waals surface area contributed by atoms with Gasteiger partial charge in [0.2, 0.25) is 0 Å². The van der Waals surface area contributed by atoms with Crippen LogP contribution in [0.4, 0.5) is 5.13 Å². The Kier molecular flexibility index (Phi) is 9.44. The van der Waals surface area contributed by atoms with Crippen LogP contribution in [0, 0.1) is 13.8 Å². The second-order valence-electron chi connectivity index (χ2n) is 9.55. The number of esters is 1. The van der Waals surface area contributed by atoms with Crippen LogP contribution in [0.25, 0.3) is 5.76 Å². The van der Waals surface area contributed by atoms with Crippen molar-refractivity contribution >= 4 is 39.9 Å². The zero-order valence-electron chi connectivity index (χ0n) is 23.9. The molecule has 2 aromatic carbocycles. The molecule has 1 N–H and O–H groups in total. The lowest BCUT2D eigenvalue weighted by atomic mass is 9.95. The molecule has 3 aromatic rings. The number of Topliss-reactive ketones (excluding diaryl/α,β-unsaturated/α-hetero) is 1. The van der Waals surface area contributed by atoms with Crippen molar-refractivity contribution in [3.8, 4) is 11.5 Å². The van der Waals surface area contributed by atoms with Crippen LogP contribution < -0.4 is 14.4 Å². The molecule has 10 heteroatoms. The van der Waals surface area contributed by atoms with E-state index in [0.717, 1.165) is 29.7 Å². The van der Waals surface area contributed by atoms with Crippen molar-refractivity contribution in [1.29, 1.82) is 0 Å². The largest absolute Gasteiger partial charge is 0.507 e. The number of nitrogens with zero attached hydrogens (tertiary/aromatic N) is 2. The fourth-order valence-corrected chi connectivity index (χ4v) is 5.50. The number of carbonyl (C=O) groups excluding carboxylic acids is 3. The molecule has 1 aliphatic rings. The predicted molar refractivity (Wildman–Crippen MR) is 157 cm³/mol. The molecule has 41 heavy (non-hydrogen) atoms. The quantitative estimate of drug-likeness (QED) is 0.125. The molecule has 1 amide bonds. The number of aliphatic hydroxyl groups excluding tert-OH is 1. The Hall–Kier alpha value is -4.18. The first-order valence-electron chi connectivity index (χ1n) is 13.6. The summed E-state index contributed by atoms with van der Waals surface area (Å²) in [7, 11) is 0. The number of ketones is 1. The lowest BCUT2D eigenvalue weighted by Gasteiger charge is -2.23. The number of ether oxygens (including phenoxy) is 3. The Morgan fingerprint density at radius 2 is 1.68 bits per heavy atom. The summed E-state index contributed by atoms with van der Waals surface area (Å²) in [6, 6.07) is 11.1. The van der Waals surface area contributed by atoms with Crippen molar-refractivity contribution < 1.29 is 33.7 Å². The molecule has 0 radical (unpaired) electrons. The number of amides is 1. The zero-order valence-corrected chi connectivity index (χ0v) is 24.7. The molecule has 9 nitrogen and oxygen atoms in total. The number of anilines is 1. The van der Waals surface area contributed by atoms with Crippen LogP contribution in [-0.2, 0) is 14.3 Å². The second-order valence-corrected chi connectivity index (χ2v) is 10.5. The fraction of sp³-hybridized carbons (Fsp3) is 0.355. The molecule has 1 fully saturated rings. The maximum absolute atomic E-state index is 13.5. The number of aryl methyl sites for hydroxylation is 2. The first-order valence-corrected chi connectivity index (χ1v) is 14.4. The molecule has 0 aliphatic carbocycles. The molecular formula is C31H34N2O7S. The minimum Gasteiger partial charge on any atom is -0.507 e. The van der Waals surface area contributed by atoms with Crippen molar-refractivity contribution in [2.24, 2.45) is 0 Å².